The second kappa shape index (κ2) is 6.66. The van der Waals surface area contributed by atoms with Gasteiger partial charge in [0.2, 0.25) is 0 Å². The molecule has 0 saturated carbocycles. The highest BCUT2D eigenvalue weighted by Crippen LogP contribution is 2.15. The number of halogens is 2. The van der Waals surface area contributed by atoms with Crippen LogP contribution in [0.2, 0.25) is 0 Å². The van der Waals surface area contributed by atoms with Gasteiger partial charge in [-0.15, -0.1) is 0 Å². The van der Waals surface area contributed by atoms with Gasteiger partial charge in [-0.25, -0.2) is 0 Å². The molecular formula is C13H17F2NO2. The number of hydrogen-bond acceptors (Lipinski definition) is 3. The van der Waals surface area contributed by atoms with Crippen LogP contribution < -0.4 is 10.1 Å². The van der Waals surface area contributed by atoms with Gasteiger partial charge in [-0.05, 0) is 30.5 Å². The molecule has 0 spiro atoms. The molecule has 1 saturated heterocycles. The number of rotatable bonds is 5. The minimum absolute atomic E-state index is 0.190. The number of benzene rings is 1. The molecule has 0 bridgehead atoms. The van der Waals surface area contributed by atoms with Gasteiger partial charge in [-0.2, -0.15) is 8.78 Å². The molecule has 0 amide bonds. The number of alkyl halides is 2. The summed E-state index contributed by atoms with van der Waals surface area (Å²) in [6.45, 7) is -0.471. The van der Waals surface area contributed by atoms with Gasteiger partial charge in [0.25, 0.3) is 0 Å². The van der Waals surface area contributed by atoms with Crippen LogP contribution in [0.15, 0.2) is 24.3 Å². The Morgan fingerprint density at radius 3 is 2.72 bits per heavy atom. The van der Waals surface area contributed by atoms with Crippen molar-refractivity contribution in [3.63, 3.8) is 0 Å². The van der Waals surface area contributed by atoms with Crippen LogP contribution in [0.1, 0.15) is 18.4 Å². The second-order valence-electron chi connectivity index (χ2n) is 4.32. The number of hydrogen-bond donors (Lipinski definition) is 1. The Morgan fingerprint density at radius 2 is 2.11 bits per heavy atom. The summed E-state index contributed by atoms with van der Waals surface area (Å²) < 4.78 is 33.6. The highest BCUT2D eigenvalue weighted by molar-refractivity contribution is 5.27. The minimum Gasteiger partial charge on any atom is -0.435 e. The van der Waals surface area contributed by atoms with E-state index >= 15 is 0 Å². The Labute approximate surface area is 105 Å². The Balaban J connectivity index is 1.78. The molecule has 1 aliphatic heterocycles. The van der Waals surface area contributed by atoms with E-state index in [1.54, 1.807) is 24.3 Å². The fourth-order valence-corrected chi connectivity index (χ4v) is 1.95. The number of ether oxygens (including phenoxy) is 2. The van der Waals surface area contributed by atoms with E-state index < -0.39 is 6.61 Å². The van der Waals surface area contributed by atoms with E-state index in [9.17, 15) is 8.78 Å². The summed E-state index contributed by atoms with van der Waals surface area (Å²) in [5.41, 5.74) is 1.04. The maximum absolute atomic E-state index is 12.0. The molecule has 1 fully saturated rings. The van der Waals surface area contributed by atoms with Gasteiger partial charge in [-0.1, -0.05) is 12.1 Å². The van der Waals surface area contributed by atoms with Crippen LogP contribution in [0.3, 0.4) is 0 Å². The van der Waals surface area contributed by atoms with Crippen molar-refractivity contribution in [1.82, 2.24) is 5.32 Å². The van der Waals surface area contributed by atoms with Crippen molar-refractivity contribution >= 4 is 0 Å². The first-order valence-electron chi connectivity index (χ1n) is 6.09. The molecule has 1 heterocycles. The third kappa shape index (κ3) is 4.23. The molecule has 3 nitrogen and oxygen atoms in total. The molecule has 18 heavy (non-hydrogen) atoms. The first kappa shape index (κ1) is 13.2. The zero-order valence-electron chi connectivity index (χ0n) is 10.1. The predicted molar refractivity (Wildman–Crippen MR) is 63.8 cm³/mol. The lowest BCUT2D eigenvalue weighted by atomic mass is 10.1. The van der Waals surface area contributed by atoms with E-state index in [0.29, 0.717) is 12.6 Å². The minimum atomic E-state index is -2.77. The number of nitrogens with one attached hydrogen (secondary N) is 1. The average Bonchev–Trinajstić information content (AvgIpc) is 2.38. The van der Waals surface area contributed by atoms with Crippen molar-refractivity contribution in [2.45, 2.75) is 32.0 Å². The summed E-state index contributed by atoms with van der Waals surface area (Å²) in [5.74, 6) is 0.190. The van der Waals surface area contributed by atoms with Gasteiger partial charge in [0.15, 0.2) is 0 Å². The Morgan fingerprint density at radius 1 is 1.33 bits per heavy atom. The van der Waals surface area contributed by atoms with Crippen molar-refractivity contribution in [3.8, 4) is 5.75 Å². The summed E-state index contributed by atoms with van der Waals surface area (Å²) in [4.78, 5) is 0. The fraction of sp³-hybridized carbons (Fsp3) is 0.538. The molecule has 0 aliphatic carbocycles. The van der Waals surface area contributed by atoms with E-state index in [-0.39, 0.29) is 5.75 Å². The molecule has 0 radical (unpaired) electrons. The van der Waals surface area contributed by atoms with Crippen LogP contribution >= 0.6 is 0 Å². The van der Waals surface area contributed by atoms with Crippen LogP contribution in [-0.4, -0.2) is 25.9 Å². The van der Waals surface area contributed by atoms with Crippen LogP contribution in [0.5, 0.6) is 5.75 Å². The zero-order chi connectivity index (χ0) is 12.8. The SMILES string of the molecule is FC(F)Oc1ccc(CNC2CCCOC2)cc1. The summed E-state index contributed by atoms with van der Waals surface area (Å²) in [6.07, 6.45) is 2.20. The molecule has 0 aromatic heterocycles. The molecule has 1 aromatic rings. The van der Waals surface area contributed by atoms with Crippen LogP contribution in [-0.2, 0) is 11.3 Å². The van der Waals surface area contributed by atoms with Crippen LogP contribution in [0.25, 0.3) is 0 Å². The monoisotopic (exact) mass is 257 g/mol. The largest absolute Gasteiger partial charge is 0.435 e. The average molecular weight is 257 g/mol. The molecule has 100 valence electrons. The third-order valence-electron chi connectivity index (χ3n) is 2.90. The molecule has 5 heteroatoms. The van der Waals surface area contributed by atoms with E-state index in [1.165, 1.54) is 0 Å². The van der Waals surface area contributed by atoms with E-state index in [2.05, 4.69) is 10.1 Å². The van der Waals surface area contributed by atoms with E-state index in [1.807, 2.05) is 0 Å². The Bertz CT molecular complexity index is 351. The lowest BCUT2D eigenvalue weighted by molar-refractivity contribution is -0.0498. The van der Waals surface area contributed by atoms with Crippen molar-refractivity contribution in [2.75, 3.05) is 13.2 Å². The molecular weight excluding hydrogens is 240 g/mol. The first-order valence-corrected chi connectivity index (χ1v) is 6.09. The zero-order valence-corrected chi connectivity index (χ0v) is 10.1. The summed E-state index contributed by atoms with van der Waals surface area (Å²) in [7, 11) is 0. The van der Waals surface area contributed by atoms with Crippen molar-refractivity contribution in [1.29, 1.82) is 0 Å². The lowest BCUT2D eigenvalue weighted by Crippen LogP contribution is -2.36. The fourth-order valence-electron chi connectivity index (χ4n) is 1.95. The predicted octanol–water partition coefficient (Wildman–Crippen LogP) is 2.56. The maximum Gasteiger partial charge on any atom is 0.387 e. The Hall–Kier alpha value is -1.20. The maximum atomic E-state index is 12.0. The summed E-state index contributed by atoms with van der Waals surface area (Å²) in [5, 5.41) is 3.38. The van der Waals surface area contributed by atoms with Crippen LogP contribution in [0, 0.1) is 0 Å². The van der Waals surface area contributed by atoms with Gasteiger partial charge in [0, 0.05) is 19.2 Å². The van der Waals surface area contributed by atoms with Gasteiger partial charge in [0.05, 0.1) is 6.61 Å². The van der Waals surface area contributed by atoms with E-state index in [0.717, 1.165) is 31.6 Å². The molecule has 1 aromatic carbocycles. The van der Waals surface area contributed by atoms with Crippen LogP contribution in [0.4, 0.5) is 8.78 Å². The molecule has 1 atom stereocenters. The van der Waals surface area contributed by atoms with Gasteiger partial charge in [-0.3, -0.25) is 0 Å². The molecule has 1 unspecified atom stereocenters. The molecule has 2 rings (SSSR count). The highest BCUT2D eigenvalue weighted by Gasteiger charge is 2.12. The lowest BCUT2D eigenvalue weighted by Gasteiger charge is -2.23. The van der Waals surface area contributed by atoms with Gasteiger partial charge >= 0.3 is 6.61 Å². The summed E-state index contributed by atoms with van der Waals surface area (Å²) in [6, 6.07) is 7.07. The van der Waals surface area contributed by atoms with Crippen molar-refractivity contribution in [2.24, 2.45) is 0 Å². The Kier molecular flexibility index (Phi) is 4.90. The smallest absolute Gasteiger partial charge is 0.387 e. The second-order valence-corrected chi connectivity index (χ2v) is 4.32. The normalized spacial score (nSPS) is 20.1. The van der Waals surface area contributed by atoms with E-state index in [4.69, 9.17) is 4.74 Å². The van der Waals surface area contributed by atoms with Gasteiger partial charge < -0.3 is 14.8 Å². The van der Waals surface area contributed by atoms with Crippen molar-refractivity contribution in [3.05, 3.63) is 29.8 Å². The quantitative estimate of drug-likeness (QED) is 0.879. The topological polar surface area (TPSA) is 30.5 Å². The standard InChI is InChI=1S/C13H17F2NO2/c14-13(15)18-12-5-3-10(4-6-12)8-16-11-2-1-7-17-9-11/h3-6,11,13,16H,1-2,7-9H2. The van der Waals surface area contributed by atoms with Gasteiger partial charge in [0.1, 0.15) is 5.75 Å². The first-order chi connectivity index (χ1) is 8.74. The third-order valence-corrected chi connectivity index (χ3v) is 2.90. The molecule has 1 aliphatic rings. The summed E-state index contributed by atoms with van der Waals surface area (Å²) >= 11 is 0. The van der Waals surface area contributed by atoms with Crippen molar-refractivity contribution < 1.29 is 18.3 Å². The highest BCUT2D eigenvalue weighted by atomic mass is 19.3. The molecule has 1 N–H and O–H groups in total.